The molecule has 0 rings (SSSR count). The van der Waals surface area contributed by atoms with Crippen molar-refractivity contribution in [3.05, 3.63) is 0 Å². The molecule has 76 valence electrons. The molecule has 1 atom stereocenters. The van der Waals surface area contributed by atoms with Gasteiger partial charge in [0.1, 0.15) is 6.04 Å². The molecule has 1 unspecified atom stereocenters. The third-order valence-electron chi connectivity index (χ3n) is 1.37. The highest BCUT2D eigenvalue weighted by molar-refractivity contribution is 5.83. The number of amides is 1. The summed E-state index contributed by atoms with van der Waals surface area (Å²) in [5.41, 5.74) is 0. The molecule has 5 heteroatoms. The molecule has 13 heavy (non-hydrogen) atoms. The van der Waals surface area contributed by atoms with Gasteiger partial charge in [0, 0.05) is 20.0 Å². The molecule has 0 aliphatic heterocycles. The van der Waals surface area contributed by atoms with Crippen molar-refractivity contribution in [3.63, 3.8) is 0 Å². The van der Waals surface area contributed by atoms with Gasteiger partial charge in [-0.25, -0.2) is 4.79 Å². The van der Waals surface area contributed by atoms with E-state index in [1.807, 2.05) is 0 Å². The van der Waals surface area contributed by atoms with Gasteiger partial charge < -0.3 is 15.2 Å². The van der Waals surface area contributed by atoms with Crippen LogP contribution in [0.25, 0.3) is 0 Å². The lowest BCUT2D eigenvalue weighted by Crippen LogP contribution is -2.41. The summed E-state index contributed by atoms with van der Waals surface area (Å²) in [5.74, 6) is -0.821. The maximum Gasteiger partial charge on any atom is 0.328 e. The first-order chi connectivity index (χ1) is 6.11. The van der Waals surface area contributed by atoms with E-state index in [0.29, 0.717) is 0 Å². The van der Waals surface area contributed by atoms with Gasteiger partial charge in [0.2, 0.25) is 5.91 Å². The van der Waals surface area contributed by atoms with Crippen LogP contribution in [0.4, 0.5) is 0 Å². The number of hydrogen-bond donors (Lipinski definition) is 2. The van der Waals surface area contributed by atoms with E-state index in [0.717, 1.165) is 0 Å². The normalized spacial score (nSPS) is 11.9. The standard InChI is InChI=1S/C8H15NO4/c1-3-13-8(12)7(4-5-10)9-6(2)11/h7,10H,3-5H2,1-2H3,(H,9,11). The zero-order valence-corrected chi connectivity index (χ0v) is 7.87. The zero-order valence-electron chi connectivity index (χ0n) is 7.87. The van der Waals surface area contributed by atoms with E-state index >= 15 is 0 Å². The SMILES string of the molecule is CCOC(=O)C(CCO)NC(C)=O. The number of nitrogens with one attached hydrogen (secondary N) is 1. The number of aliphatic hydroxyl groups is 1. The van der Waals surface area contributed by atoms with Gasteiger partial charge in [0.05, 0.1) is 6.61 Å². The van der Waals surface area contributed by atoms with Crippen LogP contribution in [0, 0.1) is 0 Å². The fourth-order valence-corrected chi connectivity index (χ4v) is 0.866. The molecule has 0 aromatic rings. The van der Waals surface area contributed by atoms with Crippen molar-refractivity contribution in [1.82, 2.24) is 5.32 Å². The molecule has 0 radical (unpaired) electrons. The minimum atomic E-state index is -0.734. The summed E-state index contributed by atoms with van der Waals surface area (Å²) < 4.78 is 4.69. The molecular formula is C8H15NO4. The van der Waals surface area contributed by atoms with Crippen molar-refractivity contribution in [1.29, 1.82) is 0 Å². The Labute approximate surface area is 77.1 Å². The Morgan fingerprint density at radius 1 is 1.54 bits per heavy atom. The van der Waals surface area contributed by atoms with Crippen LogP contribution >= 0.6 is 0 Å². The van der Waals surface area contributed by atoms with Gasteiger partial charge in [0.15, 0.2) is 0 Å². The molecule has 0 aliphatic carbocycles. The van der Waals surface area contributed by atoms with Gasteiger partial charge in [-0.2, -0.15) is 0 Å². The first-order valence-electron chi connectivity index (χ1n) is 4.16. The molecule has 2 N–H and O–H groups in total. The lowest BCUT2D eigenvalue weighted by Gasteiger charge is -2.14. The predicted octanol–water partition coefficient (Wildman–Crippen LogP) is -0.563. The van der Waals surface area contributed by atoms with Crippen LogP contribution in [-0.4, -0.2) is 36.2 Å². The Bertz CT molecular complexity index is 181. The van der Waals surface area contributed by atoms with Gasteiger partial charge in [-0.15, -0.1) is 0 Å². The second-order valence-corrected chi connectivity index (χ2v) is 2.52. The van der Waals surface area contributed by atoms with Crippen molar-refractivity contribution in [2.24, 2.45) is 0 Å². The summed E-state index contributed by atoms with van der Waals surface area (Å²) in [7, 11) is 0. The number of rotatable bonds is 5. The topological polar surface area (TPSA) is 75.6 Å². The third kappa shape index (κ3) is 5.19. The maximum atomic E-state index is 11.1. The van der Waals surface area contributed by atoms with Crippen molar-refractivity contribution >= 4 is 11.9 Å². The maximum absolute atomic E-state index is 11.1. The number of carbonyl (C=O) groups excluding carboxylic acids is 2. The van der Waals surface area contributed by atoms with E-state index in [1.54, 1.807) is 6.92 Å². The largest absolute Gasteiger partial charge is 0.464 e. The fraction of sp³-hybridized carbons (Fsp3) is 0.750. The van der Waals surface area contributed by atoms with E-state index in [2.05, 4.69) is 5.32 Å². The van der Waals surface area contributed by atoms with E-state index in [1.165, 1.54) is 6.92 Å². The first-order valence-corrected chi connectivity index (χ1v) is 4.16. The number of ether oxygens (including phenoxy) is 1. The van der Waals surface area contributed by atoms with E-state index in [9.17, 15) is 9.59 Å². The van der Waals surface area contributed by atoms with Crippen LogP contribution in [-0.2, 0) is 14.3 Å². The second kappa shape index (κ2) is 6.42. The highest BCUT2D eigenvalue weighted by Gasteiger charge is 2.19. The lowest BCUT2D eigenvalue weighted by atomic mass is 10.2. The molecule has 0 spiro atoms. The lowest BCUT2D eigenvalue weighted by molar-refractivity contribution is -0.147. The summed E-state index contributed by atoms with van der Waals surface area (Å²) in [5, 5.41) is 11.0. The van der Waals surface area contributed by atoms with Gasteiger partial charge in [0.25, 0.3) is 0 Å². The molecule has 0 aromatic carbocycles. The molecule has 0 saturated carbocycles. The van der Waals surface area contributed by atoms with Crippen molar-refractivity contribution in [2.45, 2.75) is 26.3 Å². The minimum absolute atomic E-state index is 0.163. The van der Waals surface area contributed by atoms with Gasteiger partial charge >= 0.3 is 5.97 Å². The van der Waals surface area contributed by atoms with E-state index in [4.69, 9.17) is 9.84 Å². The average Bonchev–Trinajstić information content (AvgIpc) is 2.03. The Morgan fingerprint density at radius 2 is 2.15 bits per heavy atom. The molecule has 0 aliphatic rings. The van der Waals surface area contributed by atoms with Gasteiger partial charge in [-0.1, -0.05) is 0 Å². The summed E-state index contributed by atoms with van der Waals surface area (Å²) >= 11 is 0. The predicted molar refractivity (Wildman–Crippen MR) is 45.9 cm³/mol. The first kappa shape index (κ1) is 11.9. The van der Waals surface area contributed by atoms with Crippen molar-refractivity contribution < 1.29 is 19.4 Å². The molecular weight excluding hydrogens is 174 g/mol. The zero-order chi connectivity index (χ0) is 10.3. The Balaban J connectivity index is 4.06. The number of carbonyl (C=O) groups is 2. The summed E-state index contributed by atoms with van der Waals surface area (Å²) in [6, 6.07) is -0.734. The fourth-order valence-electron chi connectivity index (χ4n) is 0.866. The molecule has 0 saturated heterocycles. The van der Waals surface area contributed by atoms with Crippen LogP contribution in [0.5, 0.6) is 0 Å². The smallest absolute Gasteiger partial charge is 0.328 e. The third-order valence-corrected chi connectivity index (χ3v) is 1.37. The summed E-state index contributed by atoms with van der Waals surface area (Å²) in [6.07, 6.45) is 0.179. The molecule has 0 fully saturated rings. The number of aliphatic hydroxyl groups excluding tert-OH is 1. The van der Waals surface area contributed by atoms with Gasteiger partial charge in [-0.05, 0) is 6.92 Å². The van der Waals surface area contributed by atoms with Crippen LogP contribution in [0.2, 0.25) is 0 Å². The molecule has 0 aromatic heterocycles. The molecule has 1 amide bonds. The number of hydrogen-bond acceptors (Lipinski definition) is 4. The van der Waals surface area contributed by atoms with Crippen LogP contribution in [0.15, 0.2) is 0 Å². The monoisotopic (exact) mass is 189 g/mol. The Kier molecular flexibility index (Phi) is 5.88. The highest BCUT2D eigenvalue weighted by atomic mass is 16.5. The van der Waals surface area contributed by atoms with Crippen molar-refractivity contribution in [3.8, 4) is 0 Å². The molecule has 0 heterocycles. The molecule has 0 bridgehead atoms. The van der Waals surface area contributed by atoms with Crippen LogP contribution < -0.4 is 5.32 Å². The second-order valence-electron chi connectivity index (χ2n) is 2.52. The Morgan fingerprint density at radius 3 is 2.54 bits per heavy atom. The quantitative estimate of drug-likeness (QED) is 0.568. The van der Waals surface area contributed by atoms with Crippen molar-refractivity contribution in [2.75, 3.05) is 13.2 Å². The van der Waals surface area contributed by atoms with E-state index in [-0.39, 0.29) is 25.5 Å². The average molecular weight is 189 g/mol. The summed E-state index contributed by atoms with van der Waals surface area (Å²) in [6.45, 7) is 3.09. The van der Waals surface area contributed by atoms with Gasteiger partial charge in [-0.3, -0.25) is 4.79 Å². The Hall–Kier alpha value is -1.10. The van der Waals surface area contributed by atoms with E-state index < -0.39 is 12.0 Å². The number of esters is 1. The van der Waals surface area contributed by atoms with Crippen LogP contribution in [0.1, 0.15) is 20.3 Å². The summed E-state index contributed by atoms with van der Waals surface area (Å²) in [4.78, 5) is 21.8. The van der Waals surface area contributed by atoms with Crippen LogP contribution in [0.3, 0.4) is 0 Å². The minimum Gasteiger partial charge on any atom is -0.464 e. The highest BCUT2D eigenvalue weighted by Crippen LogP contribution is 1.95. The molecule has 5 nitrogen and oxygen atoms in total.